The number of anilines is 1. The van der Waals surface area contributed by atoms with E-state index in [1.165, 1.54) is 0 Å². The Morgan fingerprint density at radius 1 is 1.53 bits per heavy atom. The Hall–Kier alpha value is -0.870. The van der Waals surface area contributed by atoms with E-state index in [9.17, 15) is 4.79 Å². The lowest BCUT2D eigenvalue weighted by Crippen LogP contribution is -2.44. The molecule has 2 saturated heterocycles. The fraction of sp³-hybridized carbons (Fsp3) is 0.545. The summed E-state index contributed by atoms with van der Waals surface area (Å²) in [5, 5.41) is 6.53. The highest BCUT2D eigenvalue weighted by Crippen LogP contribution is 2.36. The van der Waals surface area contributed by atoms with Crippen LogP contribution in [0.4, 0.5) is 5.00 Å². The van der Waals surface area contributed by atoms with Gasteiger partial charge in [-0.2, -0.15) is 0 Å². The van der Waals surface area contributed by atoms with Crippen LogP contribution in [0.25, 0.3) is 0 Å². The maximum Gasteiger partial charge on any atom is 0.228 e. The predicted octanol–water partition coefficient (Wildman–Crippen LogP) is 1.46. The van der Waals surface area contributed by atoms with Crippen LogP contribution in [0.3, 0.4) is 0 Å². The Balaban J connectivity index is 1.91. The molecule has 1 N–H and O–H groups in total. The van der Waals surface area contributed by atoms with Crippen molar-refractivity contribution in [2.75, 3.05) is 18.0 Å². The lowest BCUT2D eigenvalue weighted by Gasteiger charge is -2.31. The number of nitrogens with zero attached hydrogens (tertiary/aromatic N) is 1. The van der Waals surface area contributed by atoms with E-state index < -0.39 is 0 Å². The summed E-state index contributed by atoms with van der Waals surface area (Å²) < 4.78 is 0. The highest BCUT2D eigenvalue weighted by molar-refractivity contribution is 7.14. The maximum atomic E-state index is 11.9. The van der Waals surface area contributed by atoms with E-state index >= 15 is 0 Å². The summed E-state index contributed by atoms with van der Waals surface area (Å²) in [5.74, 6) is 0.824. The normalized spacial score (nSPS) is 30.7. The highest BCUT2D eigenvalue weighted by Gasteiger charge is 2.41. The van der Waals surface area contributed by atoms with Gasteiger partial charge in [0.2, 0.25) is 5.91 Å². The van der Waals surface area contributed by atoms with Gasteiger partial charge in [0.05, 0.1) is 5.00 Å². The number of carbonyl (C=O) groups is 1. The van der Waals surface area contributed by atoms with Crippen LogP contribution in [-0.2, 0) is 4.79 Å². The van der Waals surface area contributed by atoms with Crippen LogP contribution >= 0.6 is 11.3 Å². The smallest absolute Gasteiger partial charge is 0.228 e. The molecule has 1 aromatic rings. The first-order valence-electron chi connectivity index (χ1n) is 5.42. The average molecular weight is 222 g/mol. The second-order valence-electron chi connectivity index (χ2n) is 4.24. The van der Waals surface area contributed by atoms with Crippen molar-refractivity contribution in [3.05, 3.63) is 17.5 Å². The van der Waals surface area contributed by atoms with Crippen LogP contribution in [0.1, 0.15) is 12.8 Å². The zero-order valence-electron chi connectivity index (χ0n) is 8.48. The van der Waals surface area contributed by atoms with Gasteiger partial charge in [0, 0.05) is 24.9 Å². The first kappa shape index (κ1) is 9.36. The second kappa shape index (κ2) is 3.61. The lowest BCUT2D eigenvalue weighted by molar-refractivity contribution is -0.117. The number of carbonyl (C=O) groups excluding carboxylic acids is 1. The zero-order valence-corrected chi connectivity index (χ0v) is 9.30. The van der Waals surface area contributed by atoms with Crippen molar-refractivity contribution < 1.29 is 4.79 Å². The molecule has 0 radical (unpaired) electrons. The first-order chi connectivity index (χ1) is 7.36. The standard InChI is InChI=1S/C11H14N2OS/c14-10-6-8-7-12-4-3-9(8)13(10)11-2-1-5-15-11/h1-2,5,8-9,12H,3-4,6-7H2. The minimum absolute atomic E-state index is 0.302. The number of hydrogen-bond donors (Lipinski definition) is 1. The summed E-state index contributed by atoms with van der Waals surface area (Å²) >= 11 is 1.66. The van der Waals surface area contributed by atoms with E-state index in [1.54, 1.807) is 11.3 Å². The molecule has 0 spiro atoms. The number of amides is 1. The minimum Gasteiger partial charge on any atom is -0.316 e. The summed E-state index contributed by atoms with van der Waals surface area (Å²) in [6, 6.07) is 4.51. The van der Waals surface area contributed by atoms with Crippen molar-refractivity contribution >= 4 is 22.2 Å². The van der Waals surface area contributed by atoms with Crippen molar-refractivity contribution in [3.8, 4) is 0 Å². The molecular weight excluding hydrogens is 208 g/mol. The van der Waals surface area contributed by atoms with Crippen molar-refractivity contribution in [2.24, 2.45) is 5.92 Å². The summed E-state index contributed by atoms with van der Waals surface area (Å²) in [4.78, 5) is 14.0. The molecule has 2 aliphatic rings. The van der Waals surface area contributed by atoms with Crippen molar-refractivity contribution in [1.29, 1.82) is 0 Å². The summed E-state index contributed by atoms with van der Waals surface area (Å²) in [6.45, 7) is 2.04. The monoisotopic (exact) mass is 222 g/mol. The number of nitrogens with one attached hydrogen (secondary N) is 1. The SMILES string of the molecule is O=C1CC2CNCCC2N1c1cccs1. The van der Waals surface area contributed by atoms with E-state index in [4.69, 9.17) is 0 Å². The molecule has 15 heavy (non-hydrogen) atoms. The molecular formula is C11H14N2OS. The molecule has 80 valence electrons. The minimum atomic E-state index is 0.302. The Bertz CT molecular complexity index is 363. The van der Waals surface area contributed by atoms with Crippen LogP contribution in [0.15, 0.2) is 17.5 Å². The van der Waals surface area contributed by atoms with Gasteiger partial charge in [-0.05, 0) is 30.5 Å². The van der Waals surface area contributed by atoms with Gasteiger partial charge in [-0.1, -0.05) is 0 Å². The van der Waals surface area contributed by atoms with Gasteiger partial charge in [0.1, 0.15) is 0 Å². The van der Waals surface area contributed by atoms with Gasteiger partial charge in [-0.3, -0.25) is 4.79 Å². The van der Waals surface area contributed by atoms with E-state index in [0.717, 1.165) is 30.9 Å². The molecule has 2 unspecified atom stereocenters. The van der Waals surface area contributed by atoms with Gasteiger partial charge in [0.15, 0.2) is 0 Å². The molecule has 0 aliphatic carbocycles. The Kier molecular flexibility index (Phi) is 2.25. The third kappa shape index (κ3) is 1.48. The van der Waals surface area contributed by atoms with Crippen LogP contribution in [0.5, 0.6) is 0 Å². The highest BCUT2D eigenvalue weighted by atomic mass is 32.1. The van der Waals surface area contributed by atoms with Crippen molar-refractivity contribution in [1.82, 2.24) is 5.32 Å². The van der Waals surface area contributed by atoms with Gasteiger partial charge in [0.25, 0.3) is 0 Å². The van der Waals surface area contributed by atoms with Crippen molar-refractivity contribution in [3.63, 3.8) is 0 Å². The summed E-state index contributed by atoms with van der Waals surface area (Å²) in [7, 11) is 0. The van der Waals surface area contributed by atoms with E-state index in [1.807, 2.05) is 22.4 Å². The van der Waals surface area contributed by atoms with E-state index in [2.05, 4.69) is 5.32 Å². The molecule has 4 heteroatoms. The molecule has 0 aromatic carbocycles. The number of piperidine rings is 1. The largest absolute Gasteiger partial charge is 0.316 e. The molecule has 2 aliphatic heterocycles. The average Bonchev–Trinajstić information content (AvgIpc) is 2.82. The quantitative estimate of drug-likeness (QED) is 0.780. The fourth-order valence-corrected chi connectivity index (χ4v) is 3.46. The van der Waals surface area contributed by atoms with Crippen molar-refractivity contribution in [2.45, 2.75) is 18.9 Å². The molecule has 1 aromatic heterocycles. The number of hydrogen-bond acceptors (Lipinski definition) is 3. The predicted molar refractivity (Wildman–Crippen MR) is 61.2 cm³/mol. The second-order valence-corrected chi connectivity index (χ2v) is 5.17. The molecule has 3 nitrogen and oxygen atoms in total. The molecule has 1 amide bonds. The van der Waals surface area contributed by atoms with Gasteiger partial charge in [-0.25, -0.2) is 0 Å². The van der Waals surface area contributed by atoms with Crippen LogP contribution in [-0.4, -0.2) is 25.0 Å². The van der Waals surface area contributed by atoms with E-state index in [0.29, 0.717) is 17.9 Å². The molecule has 3 rings (SSSR count). The number of thiophene rings is 1. The maximum absolute atomic E-state index is 11.9. The van der Waals surface area contributed by atoms with Gasteiger partial charge < -0.3 is 10.2 Å². The first-order valence-corrected chi connectivity index (χ1v) is 6.30. The Morgan fingerprint density at radius 2 is 2.47 bits per heavy atom. The zero-order chi connectivity index (χ0) is 10.3. The number of fused-ring (bicyclic) bond motifs is 1. The van der Waals surface area contributed by atoms with Gasteiger partial charge in [-0.15, -0.1) is 11.3 Å². The molecule has 3 heterocycles. The third-order valence-electron chi connectivity index (χ3n) is 3.35. The summed E-state index contributed by atoms with van der Waals surface area (Å²) in [5.41, 5.74) is 0. The molecule has 0 saturated carbocycles. The molecule has 2 atom stereocenters. The lowest BCUT2D eigenvalue weighted by atomic mass is 9.94. The molecule has 0 bridgehead atoms. The van der Waals surface area contributed by atoms with Crippen LogP contribution in [0, 0.1) is 5.92 Å². The summed E-state index contributed by atoms with van der Waals surface area (Å²) in [6.07, 6.45) is 1.81. The van der Waals surface area contributed by atoms with E-state index in [-0.39, 0.29) is 0 Å². The van der Waals surface area contributed by atoms with Crippen LogP contribution < -0.4 is 10.2 Å². The van der Waals surface area contributed by atoms with Gasteiger partial charge >= 0.3 is 0 Å². The topological polar surface area (TPSA) is 32.3 Å². The molecule has 2 fully saturated rings. The fourth-order valence-electron chi connectivity index (χ4n) is 2.66. The third-order valence-corrected chi connectivity index (χ3v) is 4.22. The van der Waals surface area contributed by atoms with Crippen LogP contribution in [0.2, 0.25) is 0 Å². The Labute approximate surface area is 93.1 Å². The number of rotatable bonds is 1. The Morgan fingerprint density at radius 3 is 3.27 bits per heavy atom.